The second-order valence-corrected chi connectivity index (χ2v) is 9.23. The highest BCUT2D eigenvalue weighted by Crippen LogP contribution is 2.35. The molecule has 1 atom stereocenters. The molecule has 1 N–H and O–H groups in total. The van der Waals surface area contributed by atoms with Crippen LogP contribution in [0.15, 0.2) is 79.1 Å². The molecule has 0 aliphatic heterocycles. The maximum absolute atomic E-state index is 11.8. The molecular formula is C31H31N3O. The van der Waals surface area contributed by atoms with Gasteiger partial charge in [-0.2, -0.15) is 0 Å². The van der Waals surface area contributed by atoms with E-state index in [1.54, 1.807) is 0 Å². The Morgan fingerprint density at radius 3 is 2.69 bits per heavy atom. The normalized spacial score (nSPS) is 12.2. The monoisotopic (exact) mass is 461 g/mol. The molecule has 3 aromatic carbocycles. The molecule has 2 heterocycles. The second-order valence-electron chi connectivity index (χ2n) is 9.23. The minimum Gasteiger partial charge on any atom is -0.382 e. The summed E-state index contributed by atoms with van der Waals surface area (Å²) in [4.78, 5) is 16.5. The number of rotatable bonds is 8. The van der Waals surface area contributed by atoms with E-state index in [0.717, 1.165) is 58.9 Å². The summed E-state index contributed by atoms with van der Waals surface area (Å²) in [6.07, 6.45) is 8.29. The minimum absolute atomic E-state index is 0.351. The summed E-state index contributed by atoms with van der Waals surface area (Å²) >= 11 is 0. The van der Waals surface area contributed by atoms with Gasteiger partial charge < -0.3 is 9.88 Å². The topological polar surface area (TPSA) is 46.9 Å². The van der Waals surface area contributed by atoms with Gasteiger partial charge in [0.1, 0.15) is 0 Å². The standard InChI is InChI=1S/C31H31N3O/c1-4-9-25(5-2)33-29-17-26(15-14-23(29)20-35)34-19-21(3)31-27(11-8-13-30(31)34)24-16-22-10-6-7-12-28(22)32-18-24/h6-8,10-20,25,33H,4-5,9H2,1-3H3. The van der Waals surface area contributed by atoms with Crippen LogP contribution in [0.25, 0.3) is 38.6 Å². The average molecular weight is 462 g/mol. The molecule has 5 aromatic rings. The van der Waals surface area contributed by atoms with Gasteiger partial charge in [-0.15, -0.1) is 0 Å². The van der Waals surface area contributed by atoms with E-state index in [0.29, 0.717) is 11.6 Å². The van der Waals surface area contributed by atoms with Crippen molar-refractivity contribution < 1.29 is 4.79 Å². The Hall–Kier alpha value is -3.92. The Morgan fingerprint density at radius 2 is 1.89 bits per heavy atom. The number of anilines is 1. The van der Waals surface area contributed by atoms with Gasteiger partial charge in [0.2, 0.25) is 0 Å². The fourth-order valence-corrected chi connectivity index (χ4v) is 5.02. The Kier molecular flexibility index (Phi) is 6.37. The van der Waals surface area contributed by atoms with E-state index >= 15 is 0 Å². The molecule has 176 valence electrons. The number of aromatic nitrogens is 2. The Morgan fingerprint density at radius 1 is 1.03 bits per heavy atom. The summed E-state index contributed by atoms with van der Waals surface area (Å²) < 4.78 is 2.23. The van der Waals surface area contributed by atoms with Gasteiger partial charge in [-0.25, -0.2) is 0 Å². The highest BCUT2D eigenvalue weighted by Gasteiger charge is 2.15. The number of nitrogens with one attached hydrogen (secondary N) is 1. The molecular weight excluding hydrogens is 430 g/mol. The van der Waals surface area contributed by atoms with Gasteiger partial charge in [0.15, 0.2) is 6.29 Å². The van der Waals surface area contributed by atoms with Crippen molar-refractivity contribution in [3.8, 4) is 16.8 Å². The molecule has 35 heavy (non-hydrogen) atoms. The van der Waals surface area contributed by atoms with Gasteiger partial charge in [-0.3, -0.25) is 9.78 Å². The summed E-state index contributed by atoms with van der Waals surface area (Å²) in [6.45, 7) is 6.53. The van der Waals surface area contributed by atoms with Crippen LogP contribution in [0, 0.1) is 6.92 Å². The Bertz CT molecular complexity index is 1520. The van der Waals surface area contributed by atoms with E-state index in [1.165, 1.54) is 16.5 Å². The van der Waals surface area contributed by atoms with E-state index in [1.807, 2.05) is 36.5 Å². The number of fused-ring (bicyclic) bond motifs is 2. The molecule has 2 aromatic heterocycles. The third kappa shape index (κ3) is 4.32. The highest BCUT2D eigenvalue weighted by atomic mass is 16.1. The summed E-state index contributed by atoms with van der Waals surface area (Å²) in [5, 5.41) is 5.97. The van der Waals surface area contributed by atoms with Crippen LogP contribution in [-0.4, -0.2) is 21.9 Å². The van der Waals surface area contributed by atoms with Crippen LogP contribution < -0.4 is 5.32 Å². The van der Waals surface area contributed by atoms with Crippen molar-refractivity contribution in [3.63, 3.8) is 0 Å². The number of para-hydroxylation sites is 1. The first-order valence-electron chi connectivity index (χ1n) is 12.4. The molecule has 1 unspecified atom stereocenters. The van der Waals surface area contributed by atoms with Gasteiger partial charge in [0.05, 0.1) is 11.0 Å². The smallest absolute Gasteiger partial charge is 0.152 e. The molecule has 0 saturated heterocycles. The van der Waals surface area contributed by atoms with Crippen LogP contribution >= 0.6 is 0 Å². The lowest BCUT2D eigenvalue weighted by molar-refractivity contribution is 0.112. The molecule has 4 heteroatoms. The van der Waals surface area contributed by atoms with Crippen LogP contribution in [0.5, 0.6) is 0 Å². The third-order valence-electron chi connectivity index (χ3n) is 6.85. The van der Waals surface area contributed by atoms with Gasteiger partial charge in [-0.1, -0.05) is 50.6 Å². The van der Waals surface area contributed by atoms with Crippen molar-refractivity contribution in [2.45, 2.75) is 46.1 Å². The van der Waals surface area contributed by atoms with E-state index in [9.17, 15) is 4.79 Å². The number of carbonyl (C=O) groups is 1. The predicted molar refractivity (Wildman–Crippen MR) is 147 cm³/mol. The summed E-state index contributed by atoms with van der Waals surface area (Å²) in [5.41, 5.74) is 8.26. The highest BCUT2D eigenvalue weighted by molar-refractivity contribution is 6.00. The van der Waals surface area contributed by atoms with Crippen molar-refractivity contribution >= 4 is 33.8 Å². The van der Waals surface area contributed by atoms with Gasteiger partial charge >= 0.3 is 0 Å². The lowest BCUT2D eigenvalue weighted by Crippen LogP contribution is -2.19. The largest absolute Gasteiger partial charge is 0.382 e. The van der Waals surface area contributed by atoms with Gasteiger partial charge in [-0.05, 0) is 67.3 Å². The van der Waals surface area contributed by atoms with Gasteiger partial charge in [0.25, 0.3) is 0 Å². The molecule has 0 aliphatic rings. The number of nitrogens with zero attached hydrogens (tertiary/aromatic N) is 2. The third-order valence-corrected chi connectivity index (χ3v) is 6.85. The van der Waals surface area contributed by atoms with Crippen molar-refractivity contribution in [1.82, 2.24) is 9.55 Å². The van der Waals surface area contributed by atoms with Crippen molar-refractivity contribution in [2.24, 2.45) is 0 Å². The van der Waals surface area contributed by atoms with Crippen LogP contribution in [0.1, 0.15) is 49.0 Å². The zero-order valence-electron chi connectivity index (χ0n) is 20.6. The van der Waals surface area contributed by atoms with Crippen LogP contribution in [0.4, 0.5) is 5.69 Å². The summed E-state index contributed by atoms with van der Waals surface area (Å²) in [5.74, 6) is 0. The van der Waals surface area contributed by atoms with E-state index in [4.69, 9.17) is 4.98 Å². The Labute approximate surface area is 206 Å². The Balaban J connectivity index is 1.62. The first-order chi connectivity index (χ1) is 17.1. The van der Waals surface area contributed by atoms with E-state index in [2.05, 4.69) is 73.3 Å². The zero-order valence-corrected chi connectivity index (χ0v) is 20.6. The molecule has 5 rings (SSSR count). The maximum Gasteiger partial charge on any atom is 0.152 e. The number of aldehydes is 1. The quantitative estimate of drug-likeness (QED) is 0.238. The number of carbonyl (C=O) groups excluding carboxylic acids is 1. The molecule has 4 nitrogen and oxygen atoms in total. The number of pyridine rings is 1. The van der Waals surface area contributed by atoms with Gasteiger partial charge in [0, 0.05) is 51.7 Å². The average Bonchev–Trinajstić information content (AvgIpc) is 3.24. The van der Waals surface area contributed by atoms with E-state index in [-0.39, 0.29) is 0 Å². The molecule has 0 fully saturated rings. The molecule has 0 spiro atoms. The number of benzene rings is 3. The summed E-state index contributed by atoms with van der Waals surface area (Å²) in [6, 6.07) is 23.3. The summed E-state index contributed by atoms with van der Waals surface area (Å²) in [7, 11) is 0. The number of hydrogen-bond acceptors (Lipinski definition) is 3. The first-order valence-corrected chi connectivity index (χ1v) is 12.4. The fourth-order valence-electron chi connectivity index (χ4n) is 5.02. The zero-order chi connectivity index (χ0) is 24.4. The number of aryl methyl sites for hydroxylation is 1. The molecule has 0 radical (unpaired) electrons. The van der Waals surface area contributed by atoms with Crippen molar-refractivity contribution in [1.29, 1.82) is 0 Å². The second kappa shape index (κ2) is 9.75. The minimum atomic E-state index is 0.351. The van der Waals surface area contributed by atoms with Crippen molar-refractivity contribution in [3.05, 3.63) is 90.3 Å². The molecule has 0 bridgehead atoms. The predicted octanol–water partition coefficient (Wildman–Crippen LogP) is 7.96. The first kappa shape index (κ1) is 22.9. The lowest BCUT2D eigenvalue weighted by atomic mass is 9.99. The molecule has 0 amide bonds. The SMILES string of the molecule is CCCC(CC)Nc1cc(-n2cc(C)c3c(-c4cnc5ccccc5c4)cccc32)ccc1C=O. The van der Waals surface area contributed by atoms with Crippen LogP contribution in [0.3, 0.4) is 0 Å². The van der Waals surface area contributed by atoms with Crippen molar-refractivity contribution in [2.75, 3.05) is 5.32 Å². The van der Waals surface area contributed by atoms with Crippen LogP contribution in [0.2, 0.25) is 0 Å². The fraction of sp³-hybridized carbons (Fsp3) is 0.226. The van der Waals surface area contributed by atoms with Crippen LogP contribution in [-0.2, 0) is 0 Å². The molecule has 0 aliphatic carbocycles. The number of hydrogen-bond donors (Lipinski definition) is 1. The van der Waals surface area contributed by atoms with E-state index < -0.39 is 0 Å². The maximum atomic E-state index is 11.8. The lowest BCUT2D eigenvalue weighted by Gasteiger charge is -2.20. The molecule has 0 saturated carbocycles.